The van der Waals surface area contributed by atoms with E-state index in [0.29, 0.717) is 12.3 Å². The summed E-state index contributed by atoms with van der Waals surface area (Å²) >= 11 is 0. The average molecular weight is 458 g/mol. The van der Waals surface area contributed by atoms with Crippen LogP contribution in [0.2, 0.25) is 0 Å². The molecule has 1 heterocycles. The summed E-state index contributed by atoms with van der Waals surface area (Å²) in [6, 6.07) is 5.57. The molecule has 0 aliphatic heterocycles. The molecule has 1 spiro atoms. The Hall–Kier alpha value is -1.88. The Balaban J connectivity index is 1.62. The topological polar surface area (TPSA) is 33.1 Å². The third kappa shape index (κ3) is 4.22. The number of hydrogen-bond acceptors (Lipinski definition) is 2. The monoisotopic (exact) mass is 457 g/mol. The molecule has 2 fully saturated rings. The molecule has 0 saturated heterocycles. The Labute approximate surface area is 194 Å². The zero-order valence-corrected chi connectivity index (χ0v) is 19.6. The Kier molecular flexibility index (Phi) is 5.83. The lowest BCUT2D eigenvalue weighted by atomic mass is 9.59. The molecule has 1 unspecified atom stereocenters. The van der Waals surface area contributed by atoms with Crippen molar-refractivity contribution >= 4 is 0 Å². The molecule has 2 saturated carbocycles. The van der Waals surface area contributed by atoms with Gasteiger partial charge in [-0.15, -0.1) is 0 Å². The van der Waals surface area contributed by atoms with E-state index in [-0.39, 0.29) is 11.3 Å². The van der Waals surface area contributed by atoms with E-state index < -0.39 is 17.8 Å². The van der Waals surface area contributed by atoms with Crippen LogP contribution in [0, 0.1) is 5.41 Å². The summed E-state index contributed by atoms with van der Waals surface area (Å²) in [5.41, 5.74) is 6.08. The van der Waals surface area contributed by atoms with Gasteiger partial charge < -0.3 is 5.11 Å². The average Bonchev–Trinajstić information content (AvgIpc) is 3.26. The maximum absolute atomic E-state index is 13.1. The first kappa shape index (κ1) is 22.9. The van der Waals surface area contributed by atoms with Gasteiger partial charge in [-0.3, -0.25) is 4.98 Å². The molecule has 0 amide bonds. The summed E-state index contributed by atoms with van der Waals surface area (Å²) in [4.78, 5) is 5.28. The van der Waals surface area contributed by atoms with Gasteiger partial charge in [0.25, 0.3) is 0 Å². The first-order valence-electron chi connectivity index (χ1n) is 12.6. The SMILES string of the molecule is CC(C)c1c(Cc2ccc(C(F)(F)F)cc2)c(C2CCCC2)nc2c1C(O)CC1(CCC1)C2. The second-order valence-electron chi connectivity index (χ2n) is 11.0. The lowest BCUT2D eigenvalue weighted by Gasteiger charge is -2.47. The molecule has 3 aliphatic rings. The predicted octanol–water partition coefficient (Wildman–Crippen LogP) is 7.62. The van der Waals surface area contributed by atoms with Crippen molar-refractivity contribution in [2.24, 2.45) is 5.41 Å². The van der Waals surface area contributed by atoms with E-state index in [4.69, 9.17) is 4.98 Å². The van der Waals surface area contributed by atoms with Gasteiger partial charge in [0.1, 0.15) is 0 Å². The van der Waals surface area contributed by atoms with Gasteiger partial charge in [0.05, 0.1) is 11.7 Å². The molecule has 33 heavy (non-hydrogen) atoms. The summed E-state index contributed by atoms with van der Waals surface area (Å²) in [7, 11) is 0. The number of rotatable bonds is 4. The van der Waals surface area contributed by atoms with Crippen molar-refractivity contribution in [1.82, 2.24) is 4.98 Å². The Morgan fingerprint density at radius 1 is 1.06 bits per heavy atom. The summed E-state index contributed by atoms with van der Waals surface area (Å²) in [6.07, 6.45) is 5.74. The molecule has 0 radical (unpaired) electrons. The minimum Gasteiger partial charge on any atom is -0.388 e. The lowest BCUT2D eigenvalue weighted by Crippen LogP contribution is -2.38. The van der Waals surface area contributed by atoms with E-state index in [0.717, 1.165) is 53.8 Å². The highest BCUT2D eigenvalue weighted by atomic mass is 19.4. The highest BCUT2D eigenvalue weighted by Gasteiger charge is 2.45. The van der Waals surface area contributed by atoms with Gasteiger partial charge >= 0.3 is 6.18 Å². The minimum atomic E-state index is -4.33. The molecule has 5 rings (SSSR count). The Morgan fingerprint density at radius 3 is 2.27 bits per heavy atom. The Morgan fingerprint density at radius 2 is 1.73 bits per heavy atom. The van der Waals surface area contributed by atoms with Gasteiger partial charge in [0.2, 0.25) is 0 Å². The van der Waals surface area contributed by atoms with Crippen LogP contribution in [0.1, 0.15) is 122 Å². The lowest BCUT2D eigenvalue weighted by molar-refractivity contribution is -0.137. The van der Waals surface area contributed by atoms with Crippen molar-refractivity contribution in [3.8, 4) is 0 Å². The Bertz CT molecular complexity index is 1010. The molecule has 0 bridgehead atoms. The number of hydrogen-bond donors (Lipinski definition) is 1. The number of nitrogens with zero attached hydrogens (tertiary/aromatic N) is 1. The summed E-state index contributed by atoms with van der Waals surface area (Å²) < 4.78 is 39.2. The van der Waals surface area contributed by atoms with E-state index in [1.54, 1.807) is 12.1 Å². The maximum Gasteiger partial charge on any atom is 0.416 e. The zero-order valence-electron chi connectivity index (χ0n) is 19.6. The van der Waals surface area contributed by atoms with Gasteiger partial charge in [-0.05, 0) is 85.1 Å². The number of fused-ring (bicyclic) bond motifs is 1. The van der Waals surface area contributed by atoms with E-state index in [2.05, 4.69) is 13.8 Å². The molecule has 2 aromatic rings. The number of aromatic nitrogens is 1. The molecular weight excluding hydrogens is 423 g/mol. The van der Waals surface area contributed by atoms with Crippen LogP contribution in [-0.2, 0) is 19.0 Å². The quantitative estimate of drug-likeness (QED) is 0.512. The second-order valence-corrected chi connectivity index (χ2v) is 11.0. The van der Waals surface area contributed by atoms with Gasteiger partial charge in [0, 0.05) is 22.9 Å². The van der Waals surface area contributed by atoms with Crippen molar-refractivity contribution in [1.29, 1.82) is 0 Å². The van der Waals surface area contributed by atoms with Crippen LogP contribution in [0.25, 0.3) is 0 Å². The number of halogens is 3. The largest absolute Gasteiger partial charge is 0.416 e. The third-order valence-electron chi connectivity index (χ3n) is 8.39. The van der Waals surface area contributed by atoms with Gasteiger partial charge in [-0.25, -0.2) is 0 Å². The molecule has 5 heteroatoms. The molecule has 2 nitrogen and oxygen atoms in total. The van der Waals surface area contributed by atoms with Crippen LogP contribution < -0.4 is 0 Å². The molecular formula is C28H34F3NO. The predicted molar refractivity (Wildman–Crippen MR) is 123 cm³/mol. The standard InChI is InChI=1S/C28H34F3NO/c1-17(2)24-21(14-18-8-10-20(11-9-18)28(29,30)31)26(19-6-3-4-7-19)32-22-15-27(12-5-13-27)16-23(33)25(22)24/h8-11,17,19,23,33H,3-7,12-16H2,1-2H3. The molecule has 1 aromatic carbocycles. The smallest absolute Gasteiger partial charge is 0.388 e. The van der Waals surface area contributed by atoms with Crippen molar-refractivity contribution in [2.75, 3.05) is 0 Å². The summed E-state index contributed by atoms with van der Waals surface area (Å²) in [5, 5.41) is 11.3. The maximum atomic E-state index is 13.1. The van der Waals surface area contributed by atoms with Crippen LogP contribution in [0.3, 0.4) is 0 Å². The molecule has 1 aromatic heterocycles. The number of aliphatic hydroxyl groups is 1. The third-order valence-corrected chi connectivity index (χ3v) is 8.39. The summed E-state index contributed by atoms with van der Waals surface area (Å²) in [6.45, 7) is 4.34. The van der Waals surface area contributed by atoms with Crippen LogP contribution in [0.5, 0.6) is 0 Å². The van der Waals surface area contributed by atoms with E-state index >= 15 is 0 Å². The molecule has 178 valence electrons. The second kappa shape index (κ2) is 8.41. The zero-order chi connectivity index (χ0) is 23.4. The first-order valence-corrected chi connectivity index (χ1v) is 12.6. The van der Waals surface area contributed by atoms with E-state index in [1.807, 2.05) is 0 Å². The van der Waals surface area contributed by atoms with Gasteiger partial charge in [0.15, 0.2) is 0 Å². The van der Waals surface area contributed by atoms with E-state index in [1.165, 1.54) is 49.8 Å². The molecule has 1 N–H and O–H groups in total. The van der Waals surface area contributed by atoms with Crippen LogP contribution >= 0.6 is 0 Å². The summed E-state index contributed by atoms with van der Waals surface area (Å²) in [5.74, 6) is 0.630. The normalized spacial score (nSPS) is 22.6. The van der Waals surface area contributed by atoms with Crippen molar-refractivity contribution in [3.05, 3.63) is 63.5 Å². The first-order chi connectivity index (χ1) is 15.7. The number of pyridine rings is 1. The fraction of sp³-hybridized carbons (Fsp3) is 0.607. The van der Waals surface area contributed by atoms with Crippen LogP contribution in [0.15, 0.2) is 24.3 Å². The van der Waals surface area contributed by atoms with Crippen molar-refractivity contribution in [2.45, 2.75) is 102 Å². The molecule has 1 atom stereocenters. The van der Waals surface area contributed by atoms with Crippen LogP contribution in [-0.4, -0.2) is 10.1 Å². The van der Waals surface area contributed by atoms with Crippen molar-refractivity contribution < 1.29 is 18.3 Å². The van der Waals surface area contributed by atoms with Gasteiger partial charge in [-0.2, -0.15) is 13.2 Å². The highest BCUT2D eigenvalue weighted by molar-refractivity contribution is 5.49. The fourth-order valence-electron chi connectivity index (χ4n) is 6.63. The van der Waals surface area contributed by atoms with E-state index in [9.17, 15) is 18.3 Å². The van der Waals surface area contributed by atoms with Crippen LogP contribution in [0.4, 0.5) is 13.2 Å². The number of alkyl halides is 3. The highest BCUT2D eigenvalue weighted by Crippen LogP contribution is 2.55. The number of benzene rings is 1. The number of aliphatic hydroxyl groups excluding tert-OH is 1. The fourth-order valence-corrected chi connectivity index (χ4v) is 6.63. The van der Waals surface area contributed by atoms with Gasteiger partial charge in [-0.1, -0.05) is 45.2 Å². The molecule has 3 aliphatic carbocycles. The minimum absolute atomic E-state index is 0.218. The van der Waals surface area contributed by atoms with Crippen molar-refractivity contribution in [3.63, 3.8) is 0 Å².